The van der Waals surface area contributed by atoms with E-state index >= 15 is 0 Å². The van der Waals surface area contributed by atoms with Crippen LogP contribution in [0.2, 0.25) is 0 Å². The molecule has 0 heterocycles. The highest BCUT2D eigenvalue weighted by Crippen LogP contribution is 2.43. The molecule has 1 aliphatic rings. The van der Waals surface area contributed by atoms with Gasteiger partial charge in [0.25, 0.3) is 0 Å². The molecule has 1 rings (SSSR count). The van der Waals surface area contributed by atoms with Crippen molar-refractivity contribution in [2.75, 3.05) is 13.1 Å². The van der Waals surface area contributed by atoms with Crippen molar-refractivity contribution in [3.63, 3.8) is 0 Å². The maximum atomic E-state index is 5.80. The fourth-order valence-corrected chi connectivity index (χ4v) is 1.27. The Hall–Kier alpha value is -0.0800. The Morgan fingerprint density at radius 2 is 2.17 bits per heavy atom. The Morgan fingerprint density at radius 3 is 2.67 bits per heavy atom. The molecule has 0 aliphatic heterocycles. The quantitative estimate of drug-likeness (QED) is 0.593. The number of hydrogen-bond donors (Lipinski definition) is 2. The SMILES string of the molecule is CCC(N)CCNCC1(C)CC1. The molecule has 3 N–H and O–H groups in total. The van der Waals surface area contributed by atoms with Crippen LogP contribution >= 0.6 is 0 Å². The van der Waals surface area contributed by atoms with E-state index in [0.29, 0.717) is 11.5 Å². The summed E-state index contributed by atoms with van der Waals surface area (Å²) in [5, 5.41) is 3.47. The minimum Gasteiger partial charge on any atom is -0.328 e. The first-order valence-electron chi connectivity index (χ1n) is 5.12. The molecule has 1 aliphatic carbocycles. The summed E-state index contributed by atoms with van der Waals surface area (Å²) in [6.07, 6.45) is 5.02. The van der Waals surface area contributed by atoms with Crippen LogP contribution in [0.4, 0.5) is 0 Å². The maximum Gasteiger partial charge on any atom is 0.00482 e. The molecule has 0 aromatic rings. The molecule has 0 radical (unpaired) electrons. The van der Waals surface area contributed by atoms with E-state index in [1.165, 1.54) is 19.4 Å². The second-order valence-electron chi connectivity index (χ2n) is 4.44. The lowest BCUT2D eigenvalue weighted by Crippen LogP contribution is -2.29. The third kappa shape index (κ3) is 3.55. The molecule has 1 atom stereocenters. The van der Waals surface area contributed by atoms with Crippen molar-refractivity contribution in [1.82, 2.24) is 5.32 Å². The first-order chi connectivity index (χ1) is 5.66. The molecule has 72 valence electrons. The summed E-state index contributed by atoms with van der Waals surface area (Å²) >= 11 is 0. The molecule has 0 spiro atoms. The molecule has 0 saturated heterocycles. The van der Waals surface area contributed by atoms with Crippen LogP contribution in [0.15, 0.2) is 0 Å². The lowest BCUT2D eigenvalue weighted by atomic mass is 10.1. The van der Waals surface area contributed by atoms with Gasteiger partial charge in [0.05, 0.1) is 0 Å². The van der Waals surface area contributed by atoms with E-state index in [1.54, 1.807) is 0 Å². The minimum atomic E-state index is 0.393. The Labute approximate surface area is 75.9 Å². The summed E-state index contributed by atoms with van der Waals surface area (Å²) in [6.45, 7) is 6.76. The number of nitrogens with two attached hydrogens (primary N) is 1. The van der Waals surface area contributed by atoms with Gasteiger partial charge < -0.3 is 11.1 Å². The van der Waals surface area contributed by atoms with Gasteiger partial charge in [-0.2, -0.15) is 0 Å². The van der Waals surface area contributed by atoms with Gasteiger partial charge in [0.1, 0.15) is 0 Å². The molecule has 2 nitrogen and oxygen atoms in total. The molecule has 1 unspecified atom stereocenters. The van der Waals surface area contributed by atoms with Crippen molar-refractivity contribution in [2.24, 2.45) is 11.1 Å². The lowest BCUT2D eigenvalue weighted by Gasteiger charge is -2.12. The molecule has 2 heteroatoms. The van der Waals surface area contributed by atoms with E-state index in [1.807, 2.05) is 0 Å². The molecule has 0 aromatic heterocycles. The zero-order valence-corrected chi connectivity index (χ0v) is 8.40. The average Bonchev–Trinajstić information content (AvgIpc) is 2.78. The van der Waals surface area contributed by atoms with Crippen LogP contribution in [-0.2, 0) is 0 Å². The van der Waals surface area contributed by atoms with E-state index in [0.717, 1.165) is 19.4 Å². The summed E-state index contributed by atoms with van der Waals surface area (Å²) in [7, 11) is 0. The van der Waals surface area contributed by atoms with Crippen molar-refractivity contribution in [2.45, 2.75) is 45.6 Å². The van der Waals surface area contributed by atoms with Gasteiger partial charge in [0.2, 0.25) is 0 Å². The fraction of sp³-hybridized carbons (Fsp3) is 1.00. The van der Waals surface area contributed by atoms with Gasteiger partial charge in [-0.05, 0) is 37.6 Å². The summed E-state index contributed by atoms with van der Waals surface area (Å²) in [6, 6.07) is 0.393. The summed E-state index contributed by atoms with van der Waals surface area (Å²) in [5.74, 6) is 0. The molecular formula is C10H22N2. The number of nitrogens with one attached hydrogen (secondary N) is 1. The van der Waals surface area contributed by atoms with Gasteiger partial charge in [0, 0.05) is 12.6 Å². The smallest absolute Gasteiger partial charge is 0.00482 e. The van der Waals surface area contributed by atoms with Crippen molar-refractivity contribution in [1.29, 1.82) is 0 Å². The molecule has 12 heavy (non-hydrogen) atoms. The third-order valence-electron chi connectivity index (χ3n) is 2.87. The summed E-state index contributed by atoms with van der Waals surface area (Å²) < 4.78 is 0. The summed E-state index contributed by atoms with van der Waals surface area (Å²) in [4.78, 5) is 0. The van der Waals surface area contributed by atoms with Gasteiger partial charge >= 0.3 is 0 Å². The van der Waals surface area contributed by atoms with Crippen molar-refractivity contribution in [3.8, 4) is 0 Å². The summed E-state index contributed by atoms with van der Waals surface area (Å²) in [5.41, 5.74) is 6.43. The minimum absolute atomic E-state index is 0.393. The monoisotopic (exact) mass is 170 g/mol. The predicted octanol–water partition coefficient (Wildman–Crippen LogP) is 1.50. The van der Waals surface area contributed by atoms with Crippen LogP contribution in [0.25, 0.3) is 0 Å². The molecule has 0 bridgehead atoms. The topological polar surface area (TPSA) is 38.0 Å². The van der Waals surface area contributed by atoms with Crippen LogP contribution < -0.4 is 11.1 Å². The number of hydrogen-bond acceptors (Lipinski definition) is 2. The van der Waals surface area contributed by atoms with Gasteiger partial charge in [-0.25, -0.2) is 0 Å². The van der Waals surface area contributed by atoms with Crippen LogP contribution in [-0.4, -0.2) is 19.1 Å². The highest BCUT2D eigenvalue weighted by molar-refractivity contribution is 4.90. The van der Waals surface area contributed by atoms with Gasteiger partial charge in [-0.15, -0.1) is 0 Å². The highest BCUT2D eigenvalue weighted by atomic mass is 14.9. The molecule has 1 fully saturated rings. The first-order valence-corrected chi connectivity index (χ1v) is 5.12. The Morgan fingerprint density at radius 1 is 1.50 bits per heavy atom. The van der Waals surface area contributed by atoms with E-state index in [2.05, 4.69) is 19.2 Å². The normalized spacial score (nSPS) is 22.2. The van der Waals surface area contributed by atoms with Gasteiger partial charge in [0.15, 0.2) is 0 Å². The zero-order valence-electron chi connectivity index (χ0n) is 8.40. The standard InChI is InChI=1S/C10H22N2/c1-3-9(11)4-7-12-8-10(2)5-6-10/h9,12H,3-8,11H2,1-2H3. The predicted molar refractivity (Wildman–Crippen MR) is 53.1 cm³/mol. The average molecular weight is 170 g/mol. The van der Waals surface area contributed by atoms with Gasteiger partial charge in [-0.1, -0.05) is 13.8 Å². The van der Waals surface area contributed by atoms with E-state index in [4.69, 9.17) is 5.73 Å². The largest absolute Gasteiger partial charge is 0.328 e. The van der Waals surface area contributed by atoms with Crippen molar-refractivity contribution in [3.05, 3.63) is 0 Å². The first kappa shape index (κ1) is 10.0. The third-order valence-corrected chi connectivity index (χ3v) is 2.87. The number of rotatable bonds is 6. The second-order valence-corrected chi connectivity index (χ2v) is 4.44. The van der Waals surface area contributed by atoms with Crippen LogP contribution in [0.5, 0.6) is 0 Å². The van der Waals surface area contributed by atoms with Crippen molar-refractivity contribution < 1.29 is 0 Å². The van der Waals surface area contributed by atoms with E-state index in [-0.39, 0.29) is 0 Å². The zero-order chi connectivity index (χ0) is 9.03. The van der Waals surface area contributed by atoms with Crippen LogP contribution in [0.3, 0.4) is 0 Å². The molecule has 0 amide bonds. The maximum absolute atomic E-state index is 5.80. The van der Waals surface area contributed by atoms with Gasteiger partial charge in [-0.3, -0.25) is 0 Å². The second kappa shape index (κ2) is 4.24. The van der Waals surface area contributed by atoms with E-state index in [9.17, 15) is 0 Å². The van der Waals surface area contributed by atoms with E-state index < -0.39 is 0 Å². The molecule has 0 aromatic carbocycles. The fourth-order valence-electron chi connectivity index (χ4n) is 1.27. The highest BCUT2D eigenvalue weighted by Gasteiger charge is 2.36. The lowest BCUT2D eigenvalue weighted by molar-refractivity contribution is 0.474. The Kier molecular flexibility index (Phi) is 3.53. The molecule has 1 saturated carbocycles. The Balaban J connectivity index is 1.89. The van der Waals surface area contributed by atoms with Crippen LogP contribution in [0.1, 0.15) is 39.5 Å². The van der Waals surface area contributed by atoms with Crippen LogP contribution in [0, 0.1) is 5.41 Å². The Bertz CT molecular complexity index is 130. The molecular weight excluding hydrogens is 148 g/mol. The van der Waals surface area contributed by atoms with Crippen molar-refractivity contribution >= 4 is 0 Å².